The van der Waals surface area contributed by atoms with Crippen molar-refractivity contribution >= 4 is 35.5 Å². The van der Waals surface area contributed by atoms with Crippen LogP contribution in [0, 0.1) is 0 Å². The second kappa shape index (κ2) is 11.7. The quantitative estimate of drug-likeness (QED) is 0.188. The van der Waals surface area contributed by atoms with Crippen LogP contribution in [0.15, 0.2) is 167 Å². The maximum Gasteiger partial charge on any atom is 0.167 e. The van der Waals surface area contributed by atoms with Crippen LogP contribution < -0.4 is 21.2 Å². The zero-order valence-corrected chi connectivity index (χ0v) is 25.8. The molecule has 0 unspecified atom stereocenters. The third kappa shape index (κ3) is 4.90. The highest BCUT2D eigenvalue weighted by molar-refractivity contribution is 7.83. The Bertz CT molecular complexity index is 1650. The van der Waals surface area contributed by atoms with Gasteiger partial charge in [-0.1, -0.05) is 146 Å². The van der Waals surface area contributed by atoms with Gasteiger partial charge in [-0.15, -0.1) is 0 Å². The first kappa shape index (κ1) is 28.2. The maximum atomic E-state index is 15.5. The fourth-order valence-corrected chi connectivity index (χ4v) is 11.9. The van der Waals surface area contributed by atoms with E-state index in [1.807, 2.05) is 135 Å². The fraction of sp³-hybridized carbons (Fsp3) is 0.105. The van der Waals surface area contributed by atoms with Crippen molar-refractivity contribution in [1.29, 1.82) is 0 Å². The fourth-order valence-electron chi connectivity index (χ4n) is 6.19. The van der Waals surface area contributed by atoms with Crippen LogP contribution in [-0.4, -0.2) is 0 Å². The molecule has 0 saturated heterocycles. The van der Waals surface area contributed by atoms with E-state index < -0.39 is 14.3 Å². The van der Waals surface area contributed by atoms with Crippen molar-refractivity contribution in [2.45, 2.75) is 26.7 Å². The standard InChI is InChI=1S/C38H34O2P2/c1-29(41(39,33-19-7-3-8-20-33)34-21-9-4-10-22-34)37-27-31-17-15-16-18-32(31)28-38(37)30(2)42(40,35-23-11-5-12-24-35)36-25-13-6-14-26-36/h3-26H,27-28H2,1-2H3/b37-29+,38-30+. The lowest BCUT2D eigenvalue weighted by Crippen LogP contribution is -2.22. The summed E-state index contributed by atoms with van der Waals surface area (Å²) in [6.45, 7) is 4.07. The molecule has 0 fully saturated rings. The van der Waals surface area contributed by atoms with Crippen molar-refractivity contribution in [3.8, 4) is 0 Å². The number of allylic oxidation sites excluding steroid dienone is 4. The number of fused-ring (bicyclic) bond motifs is 1. The van der Waals surface area contributed by atoms with Crippen LogP contribution in [0.4, 0.5) is 0 Å². The number of hydrogen-bond acceptors (Lipinski definition) is 2. The van der Waals surface area contributed by atoms with E-state index in [9.17, 15) is 0 Å². The highest BCUT2D eigenvalue weighted by atomic mass is 31.2. The van der Waals surface area contributed by atoms with Gasteiger partial charge in [0.1, 0.15) is 0 Å². The topological polar surface area (TPSA) is 34.1 Å². The van der Waals surface area contributed by atoms with Crippen molar-refractivity contribution in [3.63, 3.8) is 0 Å². The van der Waals surface area contributed by atoms with Gasteiger partial charge in [0.25, 0.3) is 0 Å². The zero-order chi connectivity index (χ0) is 29.2. The largest absolute Gasteiger partial charge is 0.309 e. The highest BCUT2D eigenvalue weighted by Crippen LogP contribution is 2.58. The van der Waals surface area contributed by atoms with Crippen molar-refractivity contribution in [2.24, 2.45) is 0 Å². The Morgan fingerprint density at radius 3 is 0.905 bits per heavy atom. The molecule has 0 bridgehead atoms. The summed E-state index contributed by atoms with van der Waals surface area (Å²) in [4.78, 5) is 0. The van der Waals surface area contributed by atoms with Crippen LogP contribution >= 0.6 is 14.3 Å². The lowest BCUT2D eigenvalue weighted by Gasteiger charge is -2.32. The summed E-state index contributed by atoms with van der Waals surface area (Å²) in [5.41, 5.74) is 4.53. The van der Waals surface area contributed by atoms with Crippen LogP contribution in [0.1, 0.15) is 25.0 Å². The van der Waals surface area contributed by atoms with E-state index in [-0.39, 0.29) is 0 Å². The maximum absolute atomic E-state index is 15.5. The molecular weight excluding hydrogens is 550 g/mol. The van der Waals surface area contributed by atoms with Crippen LogP contribution in [0.25, 0.3) is 0 Å². The number of benzene rings is 5. The van der Waals surface area contributed by atoms with Gasteiger partial charge in [-0.25, -0.2) is 0 Å². The van der Waals surface area contributed by atoms with Gasteiger partial charge in [-0.05, 0) is 59.6 Å². The minimum absolute atomic E-state index is 0.641. The molecule has 0 N–H and O–H groups in total. The van der Waals surface area contributed by atoms with Gasteiger partial charge in [0.15, 0.2) is 14.3 Å². The Morgan fingerprint density at radius 2 is 0.643 bits per heavy atom. The molecule has 0 saturated carbocycles. The average Bonchev–Trinajstić information content (AvgIpc) is 3.07. The SMILES string of the molecule is C/C(=C1/Cc2ccccc2C/C1=C(/C)P(=O)(c1ccccc1)c1ccccc1)P(=O)(c1ccccc1)c1ccccc1. The van der Waals surface area contributed by atoms with Crippen molar-refractivity contribution < 1.29 is 9.13 Å². The van der Waals surface area contributed by atoms with E-state index >= 15 is 9.13 Å². The second-order valence-corrected chi connectivity index (χ2v) is 16.7. The first-order valence-corrected chi connectivity index (χ1v) is 17.8. The van der Waals surface area contributed by atoms with E-state index in [4.69, 9.17) is 0 Å². The van der Waals surface area contributed by atoms with Crippen LogP contribution in [0.3, 0.4) is 0 Å². The molecule has 1 aliphatic rings. The van der Waals surface area contributed by atoms with Gasteiger partial charge in [0.05, 0.1) is 0 Å². The summed E-state index contributed by atoms with van der Waals surface area (Å²) >= 11 is 0. The minimum atomic E-state index is -3.21. The highest BCUT2D eigenvalue weighted by Gasteiger charge is 2.37. The summed E-state index contributed by atoms with van der Waals surface area (Å²) in [5.74, 6) is 0. The molecule has 5 aromatic rings. The summed E-state index contributed by atoms with van der Waals surface area (Å²) in [7, 11) is -6.43. The molecule has 0 radical (unpaired) electrons. The van der Waals surface area contributed by atoms with Gasteiger partial charge < -0.3 is 9.13 Å². The van der Waals surface area contributed by atoms with Crippen LogP contribution in [-0.2, 0) is 22.0 Å². The lowest BCUT2D eigenvalue weighted by atomic mass is 9.84. The number of hydrogen-bond donors (Lipinski definition) is 0. The average molecular weight is 585 g/mol. The molecule has 0 heterocycles. The molecule has 0 aromatic heterocycles. The molecule has 5 aromatic carbocycles. The smallest absolute Gasteiger partial charge is 0.167 e. The molecule has 208 valence electrons. The van der Waals surface area contributed by atoms with Gasteiger partial charge in [0.2, 0.25) is 0 Å². The van der Waals surface area contributed by atoms with Gasteiger partial charge >= 0.3 is 0 Å². The molecule has 0 amide bonds. The lowest BCUT2D eigenvalue weighted by molar-refractivity contribution is 0.589. The van der Waals surface area contributed by atoms with Crippen molar-refractivity contribution in [2.75, 3.05) is 0 Å². The Balaban J connectivity index is 1.69. The van der Waals surface area contributed by atoms with Crippen molar-refractivity contribution in [1.82, 2.24) is 0 Å². The summed E-state index contributed by atoms with van der Waals surface area (Å²) in [6.07, 6.45) is 1.28. The third-order valence-electron chi connectivity index (χ3n) is 8.51. The van der Waals surface area contributed by atoms with E-state index in [2.05, 4.69) is 24.3 Å². The van der Waals surface area contributed by atoms with Crippen molar-refractivity contribution in [3.05, 3.63) is 178 Å². The first-order chi connectivity index (χ1) is 20.4. The summed E-state index contributed by atoms with van der Waals surface area (Å²) in [6, 6.07) is 47.8. The van der Waals surface area contributed by atoms with E-state index in [0.717, 1.165) is 43.0 Å². The van der Waals surface area contributed by atoms with E-state index in [0.29, 0.717) is 12.8 Å². The van der Waals surface area contributed by atoms with Gasteiger partial charge in [0, 0.05) is 21.2 Å². The van der Waals surface area contributed by atoms with Crippen LogP contribution in [0.5, 0.6) is 0 Å². The molecule has 42 heavy (non-hydrogen) atoms. The van der Waals surface area contributed by atoms with Crippen LogP contribution in [0.2, 0.25) is 0 Å². The minimum Gasteiger partial charge on any atom is -0.309 e. The third-order valence-corrected chi connectivity index (χ3v) is 15.0. The molecule has 1 aliphatic carbocycles. The second-order valence-electron chi connectivity index (χ2n) is 10.8. The molecule has 0 aliphatic heterocycles. The molecule has 0 spiro atoms. The normalized spacial score (nSPS) is 16.0. The number of rotatable bonds is 6. The molecule has 2 nitrogen and oxygen atoms in total. The monoisotopic (exact) mass is 584 g/mol. The van der Waals surface area contributed by atoms with Gasteiger partial charge in [-0.3, -0.25) is 0 Å². The van der Waals surface area contributed by atoms with E-state index in [1.165, 1.54) is 11.1 Å². The zero-order valence-electron chi connectivity index (χ0n) is 24.0. The Hall–Kier alpha value is -3.96. The predicted molar refractivity (Wildman–Crippen MR) is 179 cm³/mol. The van der Waals surface area contributed by atoms with E-state index in [1.54, 1.807) is 0 Å². The molecule has 0 atom stereocenters. The predicted octanol–water partition coefficient (Wildman–Crippen LogP) is 8.36. The first-order valence-electron chi connectivity index (χ1n) is 14.3. The molecular formula is C38H34O2P2. The molecule has 4 heteroatoms. The Labute approximate surface area is 249 Å². The molecule has 6 rings (SSSR count). The Kier molecular flexibility index (Phi) is 7.87. The van der Waals surface area contributed by atoms with Gasteiger partial charge in [-0.2, -0.15) is 0 Å². The summed E-state index contributed by atoms with van der Waals surface area (Å²) in [5, 5.41) is 4.96. The Morgan fingerprint density at radius 1 is 0.405 bits per heavy atom. The summed E-state index contributed by atoms with van der Waals surface area (Å²) < 4.78 is 31.1.